The molecule has 3 nitrogen and oxygen atoms in total. The number of hydrogen-bond donors (Lipinski definition) is 1. The Labute approximate surface area is 393 Å². The number of thiophene rings is 1. The van der Waals surface area contributed by atoms with Gasteiger partial charge in [0.05, 0.1) is 17.1 Å². The van der Waals surface area contributed by atoms with Crippen molar-refractivity contribution in [1.82, 2.24) is 0 Å². The van der Waals surface area contributed by atoms with Crippen LogP contribution in [-0.2, 0) is 16.2 Å². The molecule has 1 radical (unpaired) electrons. The maximum absolute atomic E-state index is 7.16. The lowest BCUT2D eigenvalue weighted by atomic mass is 9.61. The molecule has 2 aliphatic rings. The molecule has 1 aliphatic carbocycles. The number of nitrogens with one attached hydrogen (secondary N) is 1. The van der Waals surface area contributed by atoms with Crippen molar-refractivity contribution in [2.75, 3.05) is 10.2 Å². The Hall–Kier alpha value is -6.82. The molecule has 3 heterocycles. The van der Waals surface area contributed by atoms with Crippen molar-refractivity contribution >= 4 is 89.3 Å². The Balaban J connectivity index is 1.21. The first-order chi connectivity index (χ1) is 31.8. The molecule has 0 bridgehead atoms. The number of hydrogen-bond acceptors (Lipinski definition) is 4. The summed E-state index contributed by atoms with van der Waals surface area (Å²) in [6, 6.07) is 60.7. The van der Waals surface area contributed by atoms with Crippen molar-refractivity contribution < 1.29 is 4.42 Å². The SMILES string of the molecule is CC(C)(C)c1ccc(Nc2c(-c3c4c(cc5c3oc3ccccc35)N(c3ccc(C(C)(C)C)cc3-c3ccccc3)c3c(sc5ccccc35)[B]4)ccc3c2-c2ccccc2C3(C)C)cc1. The molecule has 12 rings (SSSR count). The van der Waals surface area contributed by atoms with E-state index in [0.29, 0.717) is 0 Å². The summed E-state index contributed by atoms with van der Waals surface area (Å²) < 4.78 is 9.65. The third-order valence-electron chi connectivity index (χ3n) is 14.2. The number of furan rings is 1. The minimum atomic E-state index is -0.191. The van der Waals surface area contributed by atoms with Gasteiger partial charge in [-0.2, -0.15) is 0 Å². The highest BCUT2D eigenvalue weighted by atomic mass is 32.1. The van der Waals surface area contributed by atoms with Crippen LogP contribution in [0.1, 0.15) is 77.6 Å². The van der Waals surface area contributed by atoms with Crippen LogP contribution in [0.3, 0.4) is 0 Å². The van der Waals surface area contributed by atoms with Crippen molar-refractivity contribution in [2.24, 2.45) is 0 Å². The summed E-state index contributed by atoms with van der Waals surface area (Å²) in [7, 11) is 2.45. The molecular weight excluding hydrogens is 820 g/mol. The molecule has 0 saturated carbocycles. The fourth-order valence-electron chi connectivity index (χ4n) is 10.7. The molecule has 1 N–H and O–H groups in total. The predicted octanol–water partition coefficient (Wildman–Crippen LogP) is 16.2. The number of anilines is 5. The number of para-hydroxylation sites is 1. The third-order valence-corrected chi connectivity index (χ3v) is 15.4. The second-order valence-electron chi connectivity index (χ2n) is 20.8. The van der Waals surface area contributed by atoms with Crippen LogP contribution < -0.4 is 20.5 Å². The molecule has 0 spiro atoms. The number of rotatable bonds is 5. The first kappa shape index (κ1) is 40.7. The zero-order chi connectivity index (χ0) is 45.3. The second kappa shape index (κ2) is 14.6. The summed E-state index contributed by atoms with van der Waals surface area (Å²) >= 11 is 1.86. The van der Waals surface area contributed by atoms with Crippen LogP contribution in [0.5, 0.6) is 0 Å². The van der Waals surface area contributed by atoms with Gasteiger partial charge < -0.3 is 14.6 Å². The van der Waals surface area contributed by atoms with Gasteiger partial charge in [0.15, 0.2) is 0 Å². The molecule has 8 aromatic carbocycles. The van der Waals surface area contributed by atoms with Gasteiger partial charge >= 0.3 is 0 Å². The summed E-state index contributed by atoms with van der Waals surface area (Å²) in [5.74, 6) is 0. The Morgan fingerprint density at radius 1 is 0.561 bits per heavy atom. The van der Waals surface area contributed by atoms with E-state index in [1.165, 1.54) is 65.1 Å². The normalized spacial score (nSPS) is 14.0. The fourth-order valence-corrected chi connectivity index (χ4v) is 11.8. The topological polar surface area (TPSA) is 28.4 Å². The highest BCUT2D eigenvalue weighted by Crippen LogP contribution is 2.56. The average Bonchev–Trinajstić information content (AvgIpc) is 3.95. The van der Waals surface area contributed by atoms with Crippen LogP contribution in [0.25, 0.3) is 65.4 Å². The van der Waals surface area contributed by atoms with E-state index >= 15 is 0 Å². The van der Waals surface area contributed by atoms with Crippen LogP contribution in [-0.4, -0.2) is 7.28 Å². The number of nitrogens with zero attached hydrogens (tertiary/aromatic N) is 1. The van der Waals surface area contributed by atoms with Gasteiger partial charge in [0, 0.05) is 59.9 Å². The molecule has 1 aliphatic heterocycles. The fraction of sp³-hybridized carbons (Fsp3) is 0.180. The first-order valence-electron chi connectivity index (χ1n) is 23.3. The Morgan fingerprint density at radius 3 is 2.02 bits per heavy atom. The van der Waals surface area contributed by atoms with E-state index in [2.05, 4.69) is 237 Å². The van der Waals surface area contributed by atoms with Crippen LogP contribution >= 0.6 is 11.3 Å². The van der Waals surface area contributed by atoms with Gasteiger partial charge in [-0.25, -0.2) is 0 Å². The van der Waals surface area contributed by atoms with E-state index in [4.69, 9.17) is 4.42 Å². The Morgan fingerprint density at radius 2 is 1.24 bits per heavy atom. The lowest BCUT2D eigenvalue weighted by Gasteiger charge is -2.35. The molecule has 0 fully saturated rings. The van der Waals surface area contributed by atoms with E-state index in [1.54, 1.807) is 0 Å². The lowest BCUT2D eigenvalue weighted by molar-refractivity contribution is 0.590. The van der Waals surface area contributed by atoms with E-state index in [1.807, 2.05) is 11.3 Å². The van der Waals surface area contributed by atoms with Crippen molar-refractivity contribution in [3.8, 4) is 33.4 Å². The van der Waals surface area contributed by atoms with Gasteiger partial charge in [-0.3, -0.25) is 0 Å². The summed E-state index contributed by atoms with van der Waals surface area (Å²) in [4.78, 5) is 2.58. The molecular formula is C61H52BN2OS. The second-order valence-corrected chi connectivity index (χ2v) is 21.9. The molecule has 0 unspecified atom stereocenters. The summed E-state index contributed by atoms with van der Waals surface area (Å²) in [5, 5.41) is 7.54. The van der Waals surface area contributed by atoms with Gasteiger partial charge in [-0.1, -0.05) is 177 Å². The lowest BCUT2D eigenvalue weighted by Crippen LogP contribution is -2.39. The molecule has 2 aromatic heterocycles. The third kappa shape index (κ3) is 6.23. The minimum Gasteiger partial charge on any atom is -0.455 e. The van der Waals surface area contributed by atoms with E-state index in [0.717, 1.165) is 61.3 Å². The van der Waals surface area contributed by atoms with Crippen molar-refractivity contribution in [2.45, 2.75) is 71.6 Å². The smallest absolute Gasteiger partial charge is 0.212 e. The Kier molecular flexibility index (Phi) is 8.99. The zero-order valence-corrected chi connectivity index (χ0v) is 39.7. The number of fused-ring (bicyclic) bond motifs is 10. The monoisotopic (exact) mass is 871 g/mol. The summed E-state index contributed by atoms with van der Waals surface area (Å²) in [5.41, 5.74) is 20.7. The average molecular weight is 872 g/mol. The van der Waals surface area contributed by atoms with Crippen molar-refractivity contribution in [3.63, 3.8) is 0 Å². The number of benzene rings is 8. The molecule has 0 amide bonds. The summed E-state index contributed by atoms with van der Waals surface area (Å²) in [6.07, 6.45) is 0. The van der Waals surface area contributed by atoms with Gasteiger partial charge in [-0.15, -0.1) is 11.3 Å². The van der Waals surface area contributed by atoms with Crippen molar-refractivity contribution in [1.29, 1.82) is 0 Å². The highest BCUT2D eigenvalue weighted by molar-refractivity contribution is 7.29. The quantitative estimate of drug-likeness (QED) is 0.175. The van der Waals surface area contributed by atoms with Crippen molar-refractivity contribution in [3.05, 3.63) is 186 Å². The van der Waals surface area contributed by atoms with Gasteiger partial charge in [-0.05, 0) is 96.9 Å². The van der Waals surface area contributed by atoms with Gasteiger partial charge in [0.1, 0.15) is 11.2 Å². The van der Waals surface area contributed by atoms with Gasteiger partial charge in [0.2, 0.25) is 7.28 Å². The zero-order valence-electron chi connectivity index (χ0n) is 38.9. The molecule has 321 valence electrons. The molecule has 10 aromatic rings. The summed E-state index contributed by atoms with van der Waals surface area (Å²) in [6.45, 7) is 18.5. The molecule has 0 saturated heterocycles. The van der Waals surface area contributed by atoms with Crippen LogP contribution in [0.15, 0.2) is 168 Å². The molecule has 0 atom stereocenters. The molecule has 66 heavy (non-hydrogen) atoms. The standard InChI is InChI=1S/C61H52BN2OS/c1-59(2,3)37-26-29-39(30-27-37)63-55-43(31-32-47-52(55)41-21-12-15-23-46(41)61(47,7)8)53-54-49(35-45-40-20-13-16-24-50(40)65-57(45)53)64(56-42-22-14-17-25-51(42)66-58(56)62-54)48-33-28-38(60(4,5)6)34-44(48)36-18-10-9-11-19-36/h9-35,63H,1-8H3. The van der Waals surface area contributed by atoms with Crippen LogP contribution in [0, 0.1) is 0 Å². The van der Waals surface area contributed by atoms with Crippen LogP contribution in [0.4, 0.5) is 28.4 Å². The van der Waals surface area contributed by atoms with E-state index in [-0.39, 0.29) is 16.2 Å². The minimum absolute atomic E-state index is 0.0389. The van der Waals surface area contributed by atoms with E-state index < -0.39 is 0 Å². The highest BCUT2D eigenvalue weighted by Gasteiger charge is 2.40. The van der Waals surface area contributed by atoms with E-state index in [9.17, 15) is 0 Å². The Bertz CT molecular complexity index is 3580. The molecule has 5 heteroatoms. The maximum Gasteiger partial charge on any atom is 0.212 e. The van der Waals surface area contributed by atoms with Crippen LogP contribution in [0.2, 0.25) is 0 Å². The largest absolute Gasteiger partial charge is 0.455 e. The maximum atomic E-state index is 7.16. The first-order valence-corrected chi connectivity index (χ1v) is 24.1. The van der Waals surface area contributed by atoms with Gasteiger partial charge in [0.25, 0.3) is 0 Å². The predicted molar refractivity (Wildman–Crippen MR) is 284 cm³/mol.